The summed E-state index contributed by atoms with van der Waals surface area (Å²) in [5.41, 5.74) is -0.810. The summed E-state index contributed by atoms with van der Waals surface area (Å²) in [6.07, 6.45) is 3.37. The third-order valence-corrected chi connectivity index (χ3v) is 2.76. The predicted octanol–water partition coefficient (Wildman–Crippen LogP) is 0.596. The number of aliphatic hydroxyl groups is 1. The van der Waals surface area contributed by atoms with Crippen molar-refractivity contribution in [2.24, 2.45) is 0 Å². The molecule has 0 aliphatic carbocycles. The van der Waals surface area contributed by atoms with Crippen molar-refractivity contribution >= 4 is 12.9 Å². The first-order valence-electron chi connectivity index (χ1n) is 5.24. The lowest BCUT2D eigenvalue weighted by molar-refractivity contribution is -0.0893. The quantitative estimate of drug-likeness (QED) is 0.756. The summed E-state index contributed by atoms with van der Waals surface area (Å²) < 4.78 is 5.56. The lowest BCUT2D eigenvalue weighted by atomic mass is 9.84. The van der Waals surface area contributed by atoms with Gasteiger partial charge < -0.3 is 9.76 Å². The molecule has 1 aromatic heterocycles. The van der Waals surface area contributed by atoms with E-state index in [1.54, 1.807) is 33.7 Å². The van der Waals surface area contributed by atoms with E-state index in [9.17, 15) is 5.11 Å². The van der Waals surface area contributed by atoms with Crippen molar-refractivity contribution in [2.75, 3.05) is 0 Å². The first kappa shape index (κ1) is 13.1. The van der Waals surface area contributed by atoms with E-state index in [0.717, 1.165) is 11.3 Å². The average molecular weight is 221 g/mol. The van der Waals surface area contributed by atoms with Gasteiger partial charge in [0.25, 0.3) is 0 Å². The zero-order valence-electron chi connectivity index (χ0n) is 10.5. The first-order chi connectivity index (χ1) is 7.22. The minimum Gasteiger partial charge on any atom is -0.427 e. The molecule has 0 amide bonds. The van der Waals surface area contributed by atoms with Gasteiger partial charge in [-0.1, -0.05) is 0 Å². The van der Waals surface area contributed by atoms with Crippen LogP contribution in [0.15, 0.2) is 12.4 Å². The Morgan fingerprint density at radius 1 is 1.19 bits per heavy atom. The van der Waals surface area contributed by atoms with E-state index >= 15 is 0 Å². The monoisotopic (exact) mass is 221 g/mol. The SMILES string of the molecule is Cc1ncc([B]OC(C)(C)C(C)(C)O)cn1. The van der Waals surface area contributed by atoms with Crippen LogP contribution < -0.4 is 5.46 Å². The van der Waals surface area contributed by atoms with E-state index in [4.69, 9.17) is 4.65 Å². The molecule has 1 heterocycles. The number of nitrogens with zero attached hydrogens (tertiary/aromatic N) is 2. The molecule has 0 unspecified atom stereocenters. The minimum atomic E-state index is -0.922. The fourth-order valence-corrected chi connectivity index (χ4v) is 0.823. The summed E-state index contributed by atoms with van der Waals surface area (Å²) in [5, 5.41) is 9.89. The van der Waals surface area contributed by atoms with Crippen LogP contribution in [0.3, 0.4) is 0 Å². The molecule has 0 aromatic carbocycles. The Hall–Kier alpha value is -0.935. The smallest absolute Gasteiger partial charge is 0.334 e. The van der Waals surface area contributed by atoms with Crippen LogP contribution >= 0.6 is 0 Å². The van der Waals surface area contributed by atoms with Crippen LogP contribution in [-0.2, 0) is 4.65 Å². The van der Waals surface area contributed by atoms with Gasteiger partial charge in [0, 0.05) is 12.4 Å². The highest BCUT2D eigenvalue weighted by molar-refractivity contribution is 6.46. The van der Waals surface area contributed by atoms with Gasteiger partial charge in [0.2, 0.25) is 0 Å². The lowest BCUT2D eigenvalue weighted by Gasteiger charge is -2.37. The molecule has 0 aliphatic heterocycles. The summed E-state index contributed by atoms with van der Waals surface area (Å²) >= 11 is 0. The van der Waals surface area contributed by atoms with Crippen LogP contribution in [-0.4, -0.2) is 33.8 Å². The van der Waals surface area contributed by atoms with E-state index in [0.29, 0.717) is 0 Å². The number of aromatic nitrogens is 2. The minimum absolute atomic E-state index is 0.669. The molecule has 87 valence electrons. The maximum atomic E-state index is 9.89. The van der Waals surface area contributed by atoms with Crippen molar-refractivity contribution in [1.82, 2.24) is 9.97 Å². The van der Waals surface area contributed by atoms with Gasteiger partial charge in [-0.15, -0.1) is 0 Å². The van der Waals surface area contributed by atoms with E-state index in [-0.39, 0.29) is 0 Å². The largest absolute Gasteiger partial charge is 0.427 e. The number of hydrogen-bond acceptors (Lipinski definition) is 4. The van der Waals surface area contributed by atoms with Crippen LogP contribution in [0.1, 0.15) is 33.5 Å². The van der Waals surface area contributed by atoms with E-state index in [1.807, 2.05) is 20.8 Å². The zero-order valence-corrected chi connectivity index (χ0v) is 10.5. The Morgan fingerprint density at radius 3 is 2.12 bits per heavy atom. The van der Waals surface area contributed by atoms with Gasteiger partial charge in [-0.05, 0) is 40.1 Å². The Morgan fingerprint density at radius 2 is 1.69 bits per heavy atom. The predicted molar refractivity (Wildman–Crippen MR) is 63.6 cm³/mol. The molecule has 0 atom stereocenters. The second-order valence-corrected chi connectivity index (χ2v) is 4.87. The van der Waals surface area contributed by atoms with Gasteiger partial charge in [0.05, 0.1) is 11.2 Å². The van der Waals surface area contributed by atoms with Crippen LogP contribution in [0.5, 0.6) is 0 Å². The standard InChI is InChI=1S/C11H18BN2O2/c1-8-13-6-9(7-14-8)12-16-11(4,5)10(2,3)15/h6-7,15H,1-5H3. The molecule has 16 heavy (non-hydrogen) atoms. The maximum Gasteiger partial charge on any atom is 0.334 e. The van der Waals surface area contributed by atoms with Crippen molar-refractivity contribution in [3.8, 4) is 0 Å². The van der Waals surface area contributed by atoms with E-state index < -0.39 is 11.2 Å². The molecule has 1 radical (unpaired) electrons. The van der Waals surface area contributed by atoms with Crippen molar-refractivity contribution in [2.45, 2.75) is 45.8 Å². The molecule has 0 bridgehead atoms. The third-order valence-electron chi connectivity index (χ3n) is 2.76. The van der Waals surface area contributed by atoms with Gasteiger partial charge in [-0.3, -0.25) is 0 Å². The lowest BCUT2D eigenvalue weighted by Crippen LogP contribution is -2.49. The van der Waals surface area contributed by atoms with Crippen LogP contribution in [0.25, 0.3) is 0 Å². The molecule has 1 aromatic rings. The molecule has 1 rings (SSSR count). The molecule has 5 heteroatoms. The summed E-state index contributed by atoms with van der Waals surface area (Å²) in [4.78, 5) is 8.11. The van der Waals surface area contributed by atoms with Gasteiger partial charge in [0.15, 0.2) is 0 Å². The Labute approximate surface area is 97.4 Å². The van der Waals surface area contributed by atoms with Crippen molar-refractivity contribution in [3.05, 3.63) is 18.2 Å². The van der Waals surface area contributed by atoms with Crippen molar-refractivity contribution in [3.63, 3.8) is 0 Å². The number of rotatable bonds is 4. The molecule has 1 N–H and O–H groups in total. The highest BCUT2D eigenvalue weighted by Gasteiger charge is 2.35. The van der Waals surface area contributed by atoms with Crippen LogP contribution in [0.2, 0.25) is 0 Å². The van der Waals surface area contributed by atoms with Gasteiger partial charge in [0.1, 0.15) is 5.82 Å². The summed E-state index contributed by atoms with van der Waals surface area (Å²) in [5.74, 6) is 0.721. The summed E-state index contributed by atoms with van der Waals surface area (Å²) in [6, 6.07) is 0. The highest BCUT2D eigenvalue weighted by Crippen LogP contribution is 2.24. The first-order valence-corrected chi connectivity index (χ1v) is 5.24. The topological polar surface area (TPSA) is 55.2 Å². The summed E-state index contributed by atoms with van der Waals surface area (Å²) in [6.45, 7) is 8.92. The fourth-order valence-electron chi connectivity index (χ4n) is 0.823. The van der Waals surface area contributed by atoms with Gasteiger partial charge in [-0.25, -0.2) is 9.97 Å². The molecule has 0 aliphatic rings. The van der Waals surface area contributed by atoms with Crippen molar-refractivity contribution in [1.29, 1.82) is 0 Å². The highest BCUT2D eigenvalue weighted by atomic mass is 16.5. The fraction of sp³-hybridized carbons (Fsp3) is 0.636. The zero-order chi connectivity index (χ0) is 12.4. The van der Waals surface area contributed by atoms with E-state index in [2.05, 4.69) is 9.97 Å². The van der Waals surface area contributed by atoms with E-state index in [1.165, 1.54) is 0 Å². The summed E-state index contributed by atoms with van der Waals surface area (Å²) in [7, 11) is 1.57. The Kier molecular flexibility index (Phi) is 3.70. The van der Waals surface area contributed by atoms with Crippen molar-refractivity contribution < 1.29 is 9.76 Å². The second kappa shape index (κ2) is 4.51. The van der Waals surface area contributed by atoms with Crippen LogP contribution in [0.4, 0.5) is 0 Å². The molecule has 0 saturated heterocycles. The molecule has 0 saturated carbocycles. The molecule has 0 spiro atoms. The maximum absolute atomic E-state index is 9.89. The molecular formula is C11H18BN2O2. The van der Waals surface area contributed by atoms with Crippen LogP contribution in [0, 0.1) is 6.92 Å². The number of hydrogen-bond donors (Lipinski definition) is 1. The molecular weight excluding hydrogens is 203 g/mol. The molecule has 4 nitrogen and oxygen atoms in total. The Bertz CT molecular complexity index is 344. The molecule has 0 fully saturated rings. The third kappa shape index (κ3) is 3.28. The second-order valence-electron chi connectivity index (χ2n) is 4.87. The normalized spacial score (nSPS) is 12.6. The Balaban J connectivity index is 2.61. The number of aryl methyl sites for hydroxylation is 1. The van der Waals surface area contributed by atoms with Gasteiger partial charge >= 0.3 is 7.48 Å². The average Bonchev–Trinajstić information content (AvgIpc) is 2.15. The van der Waals surface area contributed by atoms with Gasteiger partial charge in [-0.2, -0.15) is 0 Å².